The Labute approximate surface area is 101 Å². The second kappa shape index (κ2) is 6.20. The summed E-state index contributed by atoms with van der Waals surface area (Å²) in [4.78, 5) is 2.02. The Kier molecular flexibility index (Phi) is 4.90. The third kappa shape index (κ3) is 3.42. The minimum absolute atomic E-state index is 0.134. The molecule has 0 amide bonds. The Morgan fingerprint density at radius 3 is 2.82 bits per heavy atom. The smallest absolute Gasteiger partial charge is 0.173 e. The number of hydrogen-bond acceptors (Lipinski definition) is 3. The molecule has 0 spiro atoms. The normalized spacial score (nSPS) is 12.1. The molecule has 0 bridgehead atoms. The summed E-state index contributed by atoms with van der Waals surface area (Å²) < 4.78 is 14.0. The number of nitrogens with zero attached hydrogens (tertiary/aromatic N) is 2. The van der Waals surface area contributed by atoms with Crippen molar-refractivity contribution in [2.45, 2.75) is 19.9 Å². The molecule has 1 aromatic rings. The molecule has 0 aliphatic carbocycles. The molecule has 0 radical (unpaired) electrons. The largest absolute Gasteiger partial charge is 0.409 e. The van der Waals surface area contributed by atoms with Crippen LogP contribution in [0.25, 0.3) is 0 Å². The summed E-state index contributed by atoms with van der Waals surface area (Å²) in [5, 5.41) is 11.4. The van der Waals surface area contributed by atoms with E-state index < -0.39 is 5.82 Å². The number of halogens is 1. The summed E-state index contributed by atoms with van der Waals surface area (Å²) in [5.41, 5.74) is 6.08. The molecule has 1 aromatic carbocycles. The lowest BCUT2D eigenvalue weighted by Gasteiger charge is -2.16. The summed E-state index contributed by atoms with van der Waals surface area (Å²) in [6, 6.07) is 4.90. The van der Waals surface area contributed by atoms with Crippen LogP contribution in [0.15, 0.2) is 23.4 Å². The quantitative estimate of drug-likeness (QED) is 0.356. The van der Waals surface area contributed by atoms with E-state index in [2.05, 4.69) is 12.1 Å². The van der Waals surface area contributed by atoms with E-state index in [1.54, 1.807) is 12.1 Å². The van der Waals surface area contributed by atoms with E-state index in [1.807, 2.05) is 11.9 Å². The molecule has 0 unspecified atom stereocenters. The first-order valence-electron chi connectivity index (χ1n) is 5.54. The molecule has 0 aromatic heterocycles. The average Bonchev–Trinajstić information content (AvgIpc) is 2.31. The van der Waals surface area contributed by atoms with E-state index in [0.29, 0.717) is 12.1 Å². The fourth-order valence-electron chi connectivity index (χ4n) is 1.71. The van der Waals surface area contributed by atoms with Crippen molar-refractivity contribution in [1.82, 2.24) is 4.90 Å². The van der Waals surface area contributed by atoms with E-state index in [9.17, 15) is 4.39 Å². The highest BCUT2D eigenvalue weighted by atomic mass is 19.1. The van der Waals surface area contributed by atoms with Gasteiger partial charge in [0.1, 0.15) is 5.82 Å². The Hall–Kier alpha value is -1.62. The number of nitrogens with two attached hydrogens (primary N) is 1. The molecular formula is C12H18FN3O. The molecule has 0 fully saturated rings. The second-order valence-corrected chi connectivity index (χ2v) is 4.00. The van der Waals surface area contributed by atoms with Gasteiger partial charge in [-0.3, -0.25) is 0 Å². The highest BCUT2D eigenvalue weighted by molar-refractivity contribution is 5.97. The van der Waals surface area contributed by atoms with Crippen molar-refractivity contribution in [3.63, 3.8) is 0 Å². The predicted molar refractivity (Wildman–Crippen MR) is 65.5 cm³/mol. The molecule has 4 nitrogen and oxygen atoms in total. The van der Waals surface area contributed by atoms with Crippen LogP contribution in [-0.4, -0.2) is 29.5 Å². The van der Waals surface area contributed by atoms with Gasteiger partial charge in [0.05, 0.1) is 5.56 Å². The molecule has 0 saturated heterocycles. The summed E-state index contributed by atoms with van der Waals surface area (Å²) in [7, 11) is 1.93. The van der Waals surface area contributed by atoms with Crippen molar-refractivity contribution >= 4 is 5.84 Å². The third-order valence-electron chi connectivity index (χ3n) is 2.51. The zero-order chi connectivity index (χ0) is 12.8. The second-order valence-electron chi connectivity index (χ2n) is 4.00. The summed E-state index contributed by atoms with van der Waals surface area (Å²) >= 11 is 0. The predicted octanol–water partition coefficient (Wildman–Crippen LogP) is 1.76. The lowest BCUT2D eigenvalue weighted by atomic mass is 10.1. The molecule has 5 heteroatoms. The first-order chi connectivity index (χ1) is 8.10. The van der Waals surface area contributed by atoms with Crippen molar-refractivity contribution in [1.29, 1.82) is 0 Å². The number of hydrogen-bond donors (Lipinski definition) is 2. The molecule has 0 saturated carbocycles. The van der Waals surface area contributed by atoms with Crippen molar-refractivity contribution in [3.05, 3.63) is 35.1 Å². The van der Waals surface area contributed by atoms with E-state index >= 15 is 0 Å². The van der Waals surface area contributed by atoms with Crippen LogP contribution in [0.5, 0.6) is 0 Å². The van der Waals surface area contributed by atoms with Crippen LogP contribution in [0.3, 0.4) is 0 Å². The number of amidine groups is 1. The van der Waals surface area contributed by atoms with Crippen molar-refractivity contribution in [2.24, 2.45) is 10.9 Å². The van der Waals surface area contributed by atoms with E-state index in [1.165, 1.54) is 6.07 Å². The number of oxime groups is 1. The molecular weight excluding hydrogens is 221 g/mol. The molecule has 0 aliphatic rings. The first-order valence-corrected chi connectivity index (χ1v) is 5.54. The lowest BCUT2D eigenvalue weighted by Crippen LogP contribution is -2.21. The van der Waals surface area contributed by atoms with Gasteiger partial charge in [0.25, 0.3) is 0 Å². The highest BCUT2D eigenvalue weighted by Crippen LogP contribution is 2.14. The monoisotopic (exact) mass is 239 g/mol. The Morgan fingerprint density at radius 2 is 2.24 bits per heavy atom. The number of rotatable bonds is 5. The van der Waals surface area contributed by atoms with Gasteiger partial charge in [-0.25, -0.2) is 4.39 Å². The SMILES string of the molecule is CCCN(C)Cc1cccc(/C(N)=N/O)c1F. The fourth-order valence-corrected chi connectivity index (χ4v) is 1.71. The summed E-state index contributed by atoms with van der Waals surface area (Å²) in [5.74, 6) is -0.631. The van der Waals surface area contributed by atoms with E-state index in [-0.39, 0.29) is 11.4 Å². The van der Waals surface area contributed by atoms with Gasteiger partial charge in [0.15, 0.2) is 5.84 Å². The van der Waals surface area contributed by atoms with E-state index in [0.717, 1.165) is 13.0 Å². The highest BCUT2D eigenvalue weighted by Gasteiger charge is 2.12. The van der Waals surface area contributed by atoms with Gasteiger partial charge >= 0.3 is 0 Å². The molecule has 3 N–H and O–H groups in total. The maximum absolute atomic E-state index is 14.0. The van der Waals surface area contributed by atoms with Crippen LogP contribution in [0.1, 0.15) is 24.5 Å². The minimum Gasteiger partial charge on any atom is -0.409 e. The van der Waals surface area contributed by atoms with Crippen LogP contribution in [0, 0.1) is 5.82 Å². The average molecular weight is 239 g/mol. The maximum Gasteiger partial charge on any atom is 0.173 e. The van der Waals surface area contributed by atoms with Crippen LogP contribution < -0.4 is 5.73 Å². The van der Waals surface area contributed by atoms with Crippen molar-refractivity contribution in [3.8, 4) is 0 Å². The van der Waals surface area contributed by atoms with Crippen molar-refractivity contribution in [2.75, 3.05) is 13.6 Å². The first kappa shape index (κ1) is 13.4. The Morgan fingerprint density at radius 1 is 1.53 bits per heavy atom. The van der Waals surface area contributed by atoms with Gasteiger partial charge in [0.2, 0.25) is 0 Å². The minimum atomic E-state index is -0.425. The molecule has 17 heavy (non-hydrogen) atoms. The molecule has 1 rings (SSSR count). The molecule has 94 valence electrons. The zero-order valence-electron chi connectivity index (χ0n) is 10.2. The van der Waals surface area contributed by atoms with Crippen LogP contribution >= 0.6 is 0 Å². The van der Waals surface area contributed by atoms with Crippen LogP contribution in [0.4, 0.5) is 4.39 Å². The van der Waals surface area contributed by atoms with Gasteiger partial charge in [0, 0.05) is 12.1 Å². The van der Waals surface area contributed by atoms with Gasteiger partial charge in [-0.05, 0) is 26.1 Å². The Balaban J connectivity index is 2.94. The molecule has 0 atom stereocenters. The standard InChI is InChI=1S/C12H18FN3O/c1-3-7-16(2)8-9-5-4-6-10(11(9)13)12(14)15-17/h4-6,17H,3,7-8H2,1-2H3,(H2,14,15). The van der Waals surface area contributed by atoms with Crippen LogP contribution in [0.2, 0.25) is 0 Å². The number of benzene rings is 1. The van der Waals surface area contributed by atoms with Gasteiger partial charge in [-0.15, -0.1) is 0 Å². The third-order valence-corrected chi connectivity index (χ3v) is 2.51. The van der Waals surface area contributed by atoms with Gasteiger partial charge in [-0.2, -0.15) is 0 Å². The van der Waals surface area contributed by atoms with E-state index in [4.69, 9.17) is 10.9 Å². The zero-order valence-corrected chi connectivity index (χ0v) is 10.2. The molecule has 0 aliphatic heterocycles. The van der Waals surface area contributed by atoms with Gasteiger partial charge in [-0.1, -0.05) is 24.2 Å². The lowest BCUT2D eigenvalue weighted by molar-refractivity contribution is 0.317. The fraction of sp³-hybridized carbons (Fsp3) is 0.417. The summed E-state index contributed by atoms with van der Waals surface area (Å²) in [6.45, 7) is 3.47. The van der Waals surface area contributed by atoms with Crippen LogP contribution in [-0.2, 0) is 6.54 Å². The van der Waals surface area contributed by atoms with Crippen molar-refractivity contribution < 1.29 is 9.60 Å². The topological polar surface area (TPSA) is 61.8 Å². The van der Waals surface area contributed by atoms with Gasteiger partial charge < -0.3 is 15.8 Å². The maximum atomic E-state index is 14.0. The molecule has 0 heterocycles. The Bertz CT molecular complexity index is 407. The summed E-state index contributed by atoms with van der Waals surface area (Å²) in [6.07, 6.45) is 1.01.